The molecule has 0 aromatic heterocycles. The summed E-state index contributed by atoms with van der Waals surface area (Å²) >= 11 is 0. The molecule has 0 unspecified atom stereocenters. The van der Waals surface area contributed by atoms with Gasteiger partial charge in [0.05, 0.1) is 5.60 Å². The Labute approximate surface area is 137 Å². The van der Waals surface area contributed by atoms with Gasteiger partial charge < -0.3 is 15.2 Å². The van der Waals surface area contributed by atoms with E-state index in [1.165, 1.54) is 5.56 Å². The largest absolute Gasteiger partial charge is 0.484 e. The van der Waals surface area contributed by atoms with Crippen molar-refractivity contribution in [2.45, 2.75) is 32.9 Å². The Balaban J connectivity index is 1.80. The molecule has 0 heterocycles. The van der Waals surface area contributed by atoms with Crippen molar-refractivity contribution in [2.24, 2.45) is 0 Å². The summed E-state index contributed by atoms with van der Waals surface area (Å²) in [6.07, 6.45) is 0. The molecule has 4 heteroatoms. The molecule has 2 aromatic rings. The molecule has 4 nitrogen and oxygen atoms in total. The highest BCUT2D eigenvalue weighted by molar-refractivity contribution is 5.77. The standard InChI is InChI=1S/C19H23NO3/c1-14-5-4-6-15(11-14)12-20-18(21)13-23-17-9-7-16(8-10-17)19(2,3)22/h4-11,22H,12-13H2,1-3H3,(H,20,21). The molecular formula is C19H23NO3. The summed E-state index contributed by atoms with van der Waals surface area (Å²) in [5, 5.41) is 12.7. The molecule has 0 aliphatic carbocycles. The first-order valence-electron chi connectivity index (χ1n) is 7.62. The van der Waals surface area contributed by atoms with Gasteiger partial charge in [0.15, 0.2) is 6.61 Å². The van der Waals surface area contributed by atoms with Crippen LogP contribution in [0.1, 0.15) is 30.5 Å². The van der Waals surface area contributed by atoms with E-state index >= 15 is 0 Å². The van der Waals surface area contributed by atoms with Crippen LogP contribution >= 0.6 is 0 Å². The van der Waals surface area contributed by atoms with Crippen LogP contribution in [-0.4, -0.2) is 17.6 Å². The molecule has 0 aliphatic heterocycles. The number of nitrogens with one attached hydrogen (secondary N) is 1. The molecule has 0 fully saturated rings. The molecule has 0 aliphatic rings. The quantitative estimate of drug-likeness (QED) is 0.862. The molecule has 0 saturated carbocycles. The van der Waals surface area contributed by atoms with Crippen LogP contribution in [0.2, 0.25) is 0 Å². The van der Waals surface area contributed by atoms with Crippen molar-refractivity contribution in [3.05, 3.63) is 65.2 Å². The molecule has 0 saturated heterocycles. The number of ether oxygens (including phenoxy) is 1. The topological polar surface area (TPSA) is 58.6 Å². The minimum Gasteiger partial charge on any atom is -0.484 e. The smallest absolute Gasteiger partial charge is 0.258 e. The number of benzene rings is 2. The fraction of sp³-hybridized carbons (Fsp3) is 0.316. The van der Waals surface area contributed by atoms with Crippen LogP contribution in [0.25, 0.3) is 0 Å². The van der Waals surface area contributed by atoms with Crippen molar-refractivity contribution in [1.29, 1.82) is 0 Å². The Kier molecular flexibility index (Phi) is 5.40. The summed E-state index contributed by atoms with van der Waals surface area (Å²) < 4.78 is 5.45. The van der Waals surface area contributed by atoms with Gasteiger partial charge in [0.25, 0.3) is 5.91 Å². The Morgan fingerprint density at radius 3 is 2.48 bits per heavy atom. The predicted octanol–water partition coefficient (Wildman–Crippen LogP) is 2.92. The molecule has 0 radical (unpaired) electrons. The number of aliphatic hydroxyl groups is 1. The Morgan fingerprint density at radius 2 is 1.87 bits per heavy atom. The van der Waals surface area contributed by atoms with Gasteiger partial charge in [-0.2, -0.15) is 0 Å². The second-order valence-electron chi connectivity index (χ2n) is 6.14. The SMILES string of the molecule is Cc1cccc(CNC(=O)COc2ccc(C(C)(C)O)cc2)c1. The first-order chi connectivity index (χ1) is 10.8. The van der Waals surface area contributed by atoms with E-state index in [2.05, 4.69) is 5.32 Å². The van der Waals surface area contributed by atoms with Crippen LogP contribution in [0.3, 0.4) is 0 Å². The molecule has 23 heavy (non-hydrogen) atoms. The molecular weight excluding hydrogens is 290 g/mol. The van der Waals surface area contributed by atoms with E-state index in [1.807, 2.05) is 31.2 Å². The van der Waals surface area contributed by atoms with Gasteiger partial charge in [0.1, 0.15) is 5.75 Å². The van der Waals surface area contributed by atoms with Gasteiger partial charge in [0.2, 0.25) is 0 Å². The number of carbonyl (C=O) groups is 1. The van der Waals surface area contributed by atoms with E-state index in [9.17, 15) is 9.90 Å². The Hall–Kier alpha value is -2.33. The number of hydrogen-bond donors (Lipinski definition) is 2. The molecule has 0 atom stereocenters. The van der Waals surface area contributed by atoms with E-state index in [4.69, 9.17) is 4.74 Å². The summed E-state index contributed by atoms with van der Waals surface area (Å²) in [5.41, 5.74) is 2.14. The van der Waals surface area contributed by atoms with E-state index in [-0.39, 0.29) is 12.5 Å². The van der Waals surface area contributed by atoms with Crippen LogP contribution in [0, 0.1) is 6.92 Å². The zero-order chi connectivity index (χ0) is 16.9. The lowest BCUT2D eigenvalue weighted by Crippen LogP contribution is -2.28. The fourth-order valence-electron chi connectivity index (χ4n) is 2.18. The van der Waals surface area contributed by atoms with E-state index in [0.29, 0.717) is 12.3 Å². The number of rotatable bonds is 6. The molecule has 2 aromatic carbocycles. The highest BCUT2D eigenvalue weighted by Gasteiger charge is 2.15. The summed E-state index contributed by atoms with van der Waals surface area (Å²) in [4.78, 5) is 11.8. The lowest BCUT2D eigenvalue weighted by Gasteiger charge is -2.17. The van der Waals surface area contributed by atoms with Crippen LogP contribution < -0.4 is 10.1 Å². The zero-order valence-corrected chi connectivity index (χ0v) is 13.8. The monoisotopic (exact) mass is 313 g/mol. The van der Waals surface area contributed by atoms with Crippen molar-refractivity contribution in [3.8, 4) is 5.75 Å². The van der Waals surface area contributed by atoms with Gasteiger partial charge in [-0.1, -0.05) is 42.0 Å². The summed E-state index contributed by atoms with van der Waals surface area (Å²) in [5.74, 6) is 0.432. The summed E-state index contributed by atoms with van der Waals surface area (Å²) in [7, 11) is 0. The van der Waals surface area contributed by atoms with E-state index in [1.54, 1.807) is 38.1 Å². The number of amides is 1. The molecule has 1 amide bonds. The zero-order valence-electron chi connectivity index (χ0n) is 13.8. The van der Waals surface area contributed by atoms with Gasteiger partial charge in [-0.3, -0.25) is 4.79 Å². The third-order valence-corrected chi connectivity index (χ3v) is 3.50. The van der Waals surface area contributed by atoms with Crippen molar-refractivity contribution >= 4 is 5.91 Å². The Bertz CT molecular complexity index is 657. The lowest BCUT2D eigenvalue weighted by atomic mass is 9.99. The third kappa shape index (κ3) is 5.42. The van der Waals surface area contributed by atoms with Crippen molar-refractivity contribution < 1.29 is 14.6 Å². The summed E-state index contributed by atoms with van der Waals surface area (Å²) in [6.45, 7) is 5.92. The van der Waals surface area contributed by atoms with Crippen LogP contribution in [0.15, 0.2) is 48.5 Å². The van der Waals surface area contributed by atoms with E-state index < -0.39 is 5.60 Å². The number of hydrogen-bond acceptors (Lipinski definition) is 3. The van der Waals surface area contributed by atoms with Crippen molar-refractivity contribution in [2.75, 3.05) is 6.61 Å². The second kappa shape index (κ2) is 7.29. The molecule has 0 bridgehead atoms. The average molecular weight is 313 g/mol. The Morgan fingerprint density at radius 1 is 1.17 bits per heavy atom. The third-order valence-electron chi connectivity index (χ3n) is 3.50. The summed E-state index contributed by atoms with van der Waals surface area (Å²) in [6, 6.07) is 15.1. The van der Waals surface area contributed by atoms with Gasteiger partial charge in [-0.05, 0) is 44.0 Å². The van der Waals surface area contributed by atoms with E-state index in [0.717, 1.165) is 11.1 Å². The normalized spacial score (nSPS) is 11.1. The van der Waals surface area contributed by atoms with Gasteiger partial charge in [-0.15, -0.1) is 0 Å². The van der Waals surface area contributed by atoms with Gasteiger partial charge >= 0.3 is 0 Å². The first-order valence-corrected chi connectivity index (χ1v) is 7.62. The fourth-order valence-corrected chi connectivity index (χ4v) is 2.18. The van der Waals surface area contributed by atoms with Crippen LogP contribution in [0.4, 0.5) is 0 Å². The molecule has 2 N–H and O–H groups in total. The number of aryl methyl sites for hydroxylation is 1. The predicted molar refractivity (Wildman–Crippen MR) is 90.2 cm³/mol. The highest BCUT2D eigenvalue weighted by atomic mass is 16.5. The maximum Gasteiger partial charge on any atom is 0.258 e. The molecule has 122 valence electrons. The molecule has 2 rings (SSSR count). The van der Waals surface area contributed by atoms with Crippen molar-refractivity contribution in [3.63, 3.8) is 0 Å². The minimum absolute atomic E-state index is 0.0340. The number of carbonyl (C=O) groups excluding carboxylic acids is 1. The van der Waals surface area contributed by atoms with Crippen LogP contribution in [0.5, 0.6) is 5.75 Å². The molecule has 0 spiro atoms. The van der Waals surface area contributed by atoms with Gasteiger partial charge in [0, 0.05) is 6.54 Å². The van der Waals surface area contributed by atoms with Crippen molar-refractivity contribution in [1.82, 2.24) is 5.32 Å². The highest BCUT2D eigenvalue weighted by Crippen LogP contribution is 2.22. The second-order valence-corrected chi connectivity index (χ2v) is 6.14. The minimum atomic E-state index is -0.885. The average Bonchev–Trinajstić information content (AvgIpc) is 2.50. The maximum atomic E-state index is 11.8. The lowest BCUT2D eigenvalue weighted by molar-refractivity contribution is -0.123. The van der Waals surface area contributed by atoms with Crippen LogP contribution in [-0.2, 0) is 16.9 Å². The maximum absolute atomic E-state index is 11.8. The first kappa shape index (κ1) is 17.0. The van der Waals surface area contributed by atoms with Gasteiger partial charge in [-0.25, -0.2) is 0 Å².